The Bertz CT molecular complexity index is 1240. The van der Waals surface area contributed by atoms with E-state index in [1.807, 2.05) is 48.4 Å². The predicted octanol–water partition coefficient (Wildman–Crippen LogP) is 4.76. The van der Waals surface area contributed by atoms with E-state index in [-0.39, 0.29) is 11.9 Å². The zero-order chi connectivity index (χ0) is 20.8. The number of carbonyl (C=O) groups is 1. The van der Waals surface area contributed by atoms with Crippen LogP contribution in [0.3, 0.4) is 0 Å². The molecule has 0 bridgehead atoms. The van der Waals surface area contributed by atoms with Crippen LogP contribution >= 0.6 is 15.9 Å². The van der Waals surface area contributed by atoms with Crippen LogP contribution in [0.2, 0.25) is 0 Å². The Morgan fingerprint density at radius 1 is 1.20 bits per heavy atom. The fourth-order valence-electron chi connectivity index (χ4n) is 4.30. The summed E-state index contributed by atoms with van der Waals surface area (Å²) < 4.78 is 6.39. The third kappa shape index (κ3) is 3.01. The lowest BCUT2D eigenvalue weighted by Gasteiger charge is -2.26. The molecule has 0 unspecified atom stereocenters. The van der Waals surface area contributed by atoms with Crippen LogP contribution < -0.4 is 4.74 Å². The van der Waals surface area contributed by atoms with Crippen molar-refractivity contribution in [3.8, 4) is 5.75 Å². The maximum absolute atomic E-state index is 13.2. The van der Waals surface area contributed by atoms with Crippen molar-refractivity contribution in [1.29, 1.82) is 0 Å². The lowest BCUT2D eigenvalue weighted by atomic mass is 9.99. The number of nitrogens with zero attached hydrogens (tertiary/aromatic N) is 2. The second-order valence-electron chi connectivity index (χ2n) is 7.54. The number of H-pyrrole nitrogens is 2. The molecule has 1 aliphatic rings. The van der Waals surface area contributed by atoms with Crippen molar-refractivity contribution in [1.82, 2.24) is 20.1 Å². The number of aromatic nitrogens is 3. The number of aromatic amines is 2. The van der Waals surface area contributed by atoms with Gasteiger partial charge in [0.05, 0.1) is 13.2 Å². The Labute approximate surface area is 182 Å². The van der Waals surface area contributed by atoms with Gasteiger partial charge in [0, 0.05) is 39.4 Å². The van der Waals surface area contributed by atoms with Crippen LogP contribution in [0.1, 0.15) is 38.9 Å². The standard InChI is InChI=1S/C23H21BrN4O2/c1-13-20-21(27-26-13)23(29)28(22(20)14-3-5-16(24)6-4-14)10-9-15-12-25-19-8-7-17(30-2)11-18(15)19/h3-8,11-12,22,25H,9-10H2,1-2H3,(H,26,27)/t22-/m0/s1. The number of ether oxygens (including phenoxy) is 1. The zero-order valence-corrected chi connectivity index (χ0v) is 18.3. The molecule has 2 N–H and O–H groups in total. The Hall–Kier alpha value is -3.06. The summed E-state index contributed by atoms with van der Waals surface area (Å²) in [5, 5.41) is 8.39. The van der Waals surface area contributed by atoms with Gasteiger partial charge in [0.15, 0.2) is 5.69 Å². The van der Waals surface area contributed by atoms with E-state index in [0.717, 1.165) is 49.9 Å². The molecule has 6 nitrogen and oxygen atoms in total. The lowest BCUT2D eigenvalue weighted by molar-refractivity contribution is 0.0745. The zero-order valence-electron chi connectivity index (χ0n) is 16.7. The number of methoxy groups -OCH3 is 1. The van der Waals surface area contributed by atoms with Crippen molar-refractivity contribution < 1.29 is 9.53 Å². The SMILES string of the molecule is COc1ccc2[nH]cc(CCN3C(=O)c4n[nH]c(C)c4[C@@H]3c3ccc(Br)cc3)c2c1. The molecule has 2 aromatic heterocycles. The number of nitrogens with one attached hydrogen (secondary N) is 2. The summed E-state index contributed by atoms with van der Waals surface area (Å²) in [5.41, 5.74) is 5.74. The van der Waals surface area contributed by atoms with Crippen molar-refractivity contribution in [3.05, 3.63) is 81.2 Å². The Kier molecular flexibility index (Phi) is 4.62. The molecule has 0 saturated heterocycles. The molecule has 152 valence electrons. The molecule has 4 aromatic rings. The molecule has 1 atom stereocenters. The van der Waals surface area contributed by atoms with Crippen molar-refractivity contribution in [2.45, 2.75) is 19.4 Å². The topological polar surface area (TPSA) is 74.0 Å². The number of halogens is 1. The van der Waals surface area contributed by atoms with Gasteiger partial charge in [-0.05, 0) is 54.8 Å². The van der Waals surface area contributed by atoms with Crippen molar-refractivity contribution in [2.24, 2.45) is 0 Å². The largest absolute Gasteiger partial charge is 0.497 e. The fraction of sp³-hybridized carbons (Fsp3) is 0.217. The third-order valence-corrected chi connectivity index (χ3v) is 6.35. The fourth-order valence-corrected chi connectivity index (χ4v) is 4.56. The first kappa shape index (κ1) is 18.9. The number of hydrogen-bond donors (Lipinski definition) is 2. The molecule has 0 fully saturated rings. The van der Waals surface area contributed by atoms with Gasteiger partial charge < -0.3 is 14.6 Å². The summed E-state index contributed by atoms with van der Waals surface area (Å²) in [6.07, 6.45) is 2.75. The van der Waals surface area contributed by atoms with Gasteiger partial charge in [0.1, 0.15) is 5.75 Å². The van der Waals surface area contributed by atoms with Gasteiger partial charge in [0.2, 0.25) is 0 Å². The summed E-state index contributed by atoms with van der Waals surface area (Å²) in [5.74, 6) is 0.795. The molecule has 7 heteroatoms. The molecule has 1 amide bonds. The van der Waals surface area contributed by atoms with E-state index < -0.39 is 0 Å². The molecule has 30 heavy (non-hydrogen) atoms. The molecule has 0 radical (unpaired) electrons. The van der Waals surface area contributed by atoms with Gasteiger partial charge in [-0.25, -0.2) is 0 Å². The number of aryl methyl sites for hydroxylation is 1. The highest BCUT2D eigenvalue weighted by molar-refractivity contribution is 9.10. The summed E-state index contributed by atoms with van der Waals surface area (Å²) in [6, 6.07) is 14.0. The van der Waals surface area contributed by atoms with E-state index in [4.69, 9.17) is 4.74 Å². The summed E-state index contributed by atoms with van der Waals surface area (Å²) in [4.78, 5) is 18.4. The van der Waals surface area contributed by atoms with E-state index in [1.54, 1.807) is 7.11 Å². The van der Waals surface area contributed by atoms with Gasteiger partial charge >= 0.3 is 0 Å². The molecule has 2 aromatic carbocycles. The average molecular weight is 465 g/mol. The maximum Gasteiger partial charge on any atom is 0.275 e. The number of rotatable bonds is 5. The minimum Gasteiger partial charge on any atom is -0.497 e. The highest BCUT2D eigenvalue weighted by Crippen LogP contribution is 2.39. The molecular formula is C23H21BrN4O2. The maximum atomic E-state index is 13.2. The second kappa shape index (κ2) is 7.32. The molecule has 0 saturated carbocycles. The molecule has 3 heterocycles. The number of benzene rings is 2. The lowest BCUT2D eigenvalue weighted by Crippen LogP contribution is -2.31. The molecule has 5 rings (SSSR count). The summed E-state index contributed by atoms with van der Waals surface area (Å²) in [7, 11) is 1.67. The van der Waals surface area contributed by atoms with Crippen LogP contribution in [-0.2, 0) is 6.42 Å². The number of carbonyl (C=O) groups excluding carboxylic acids is 1. The highest BCUT2D eigenvalue weighted by Gasteiger charge is 2.41. The Morgan fingerprint density at radius 2 is 2.00 bits per heavy atom. The smallest absolute Gasteiger partial charge is 0.275 e. The van der Waals surface area contributed by atoms with E-state index >= 15 is 0 Å². The van der Waals surface area contributed by atoms with Crippen LogP contribution in [0, 0.1) is 6.92 Å². The third-order valence-electron chi connectivity index (χ3n) is 5.83. The Morgan fingerprint density at radius 3 is 2.77 bits per heavy atom. The first-order valence-electron chi connectivity index (χ1n) is 9.82. The second-order valence-corrected chi connectivity index (χ2v) is 8.45. The summed E-state index contributed by atoms with van der Waals surface area (Å²) >= 11 is 3.50. The van der Waals surface area contributed by atoms with E-state index in [0.29, 0.717) is 12.2 Å². The van der Waals surface area contributed by atoms with Gasteiger partial charge in [-0.3, -0.25) is 9.89 Å². The molecule has 1 aliphatic heterocycles. The van der Waals surface area contributed by atoms with Crippen LogP contribution in [0.5, 0.6) is 5.75 Å². The molecule has 0 aliphatic carbocycles. The quantitative estimate of drug-likeness (QED) is 0.447. The van der Waals surface area contributed by atoms with Gasteiger partial charge in [0.25, 0.3) is 5.91 Å². The van der Waals surface area contributed by atoms with Gasteiger partial charge in [-0.2, -0.15) is 5.10 Å². The minimum atomic E-state index is -0.140. The van der Waals surface area contributed by atoms with Crippen molar-refractivity contribution in [2.75, 3.05) is 13.7 Å². The van der Waals surface area contributed by atoms with Crippen LogP contribution in [-0.4, -0.2) is 39.6 Å². The number of amides is 1. The van der Waals surface area contributed by atoms with E-state index in [2.05, 4.69) is 43.2 Å². The van der Waals surface area contributed by atoms with Crippen LogP contribution in [0.15, 0.2) is 53.1 Å². The first-order valence-corrected chi connectivity index (χ1v) is 10.6. The Balaban J connectivity index is 1.48. The number of fused-ring (bicyclic) bond motifs is 2. The monoisotopic (exact) mass is 464 g/mol. The summed E-state index contributed by atoms with van der Waals surface area (Å²) in [6.45, 7) is 2.57. The molecule has 0 spiro atoms. The van der Waals surface area contributed by atoms with Crippen LogP contribution in [0.4, 0.5) is 0 Å². The predicted molar refractivity (Wildman–Crippen MR) is 119 cm³/mol. The number of hydrogen-bond acceptors (Lipinski definition) is 3. The normalized spacial score (nSPS) is 15.8. The average Bonchev–Trinajstić information content (AvgIpc) is 3.41. The minimum absolute atomic E-state index is 0.0281. The van der Waals surface area contributed by atoms with Crippen molar-refractivity contribution >= 4 is 32.7 Å². The van der Waals surface area contributed by atoms with E-state index in [9.17, 15) is 4.79 Å². The first-order chi connectivity index (χ1) is 14.6. The van der Waals surface area contributed by atoms with E-state index in [1.165, 1.54) is 0 Å². The van der Waals surface area contributed by atoms with Crippen LogP contribution in [0.25, 0.3) is 10.9 Å². The molecular weight excluding hydrogens is 444 g/mol. The van der Waals surface area contributed by atoms with Gasteiger partial charge in [-0.1, -0.05) is 28.1 Å². The van der Waals surface area contributed by atoms with Crippen molar-refractivity contribution in [3.63, 3.8) is 0 Å². The van der Waals surface area contributed by atoms with Gasteiger partial charge in [-0.15, -0.1) is 0 Å². The highest BCUT2D eigenvalue weighted by atomic mass is 79.9.